The highest BCUT2D eigenvalue weighted by Gasteiger charge is 2.19. The Morgan fingerprint density at radius 1 is 1.50 bits per heavy atom. The number of alkyl halides is 1. The van der Waals surface area contributed by atoms with Gasteiger partial charge in [-0.3, -0.25) is 0 Å². The molecule has 0 heterocycles. The molecule has 0 spiro atoms. The molecule has 12 heavy (non-hydrogen) atoms. The third-order valence-electron chi connectivity index (χ3n) is 1.34. The van der Waals surface area contributed by atoms with Gasteiger partial charge in [-0.2, -0.15) is 0 Å². The summed E-state index contributed by atoms with van der Waals surface area (Å²) in [5.74, 6) is 0. The molecule has 0 saturated carbocycles. The lowest BCUT2D eigenvalue weighted by Gasteiger charge is -2.21. The molecule has 2 N–H and O–H groups in total. The van der Waals surface area contributed by atoms with Crippen molar-refractivity contribution in [2.75, 3.05) is 18.4 Å². The topological polar surface area (TPSA) is 66.4 Å². The lowest BCUT2D eigenvalue weighted by Crippen LogP contribution is -2.36. The predicted octanol–water partition coefficient (Wildman–Crippen LogP) is 0.121. The van der Waals surface area contributed by atoms with E-state index in [0.29, 0.717) is 0 Å². The number of halogens is 1. The van der Waals surface area contributed by atoms with Crippen LogP contribution in [0.5, 0.6) is 0 Å². The zero-order valence-electron chi connectivity index (χ0n) is 7.17. The Kier molecular flexibility index (Phi) is 4.47. The third kappa shape index (κ3) is 4.92. The fourth-order valence-corrected chi connectivity index (χ4v) is 1.32. The lowest BCUT2D eigenvalue weighted by atomic mass is 9.96. The van der Waals surface area contributed by atoms with E-state index < -0.39 is 20.7 Å². The molecule has 0 atom stereocenters. The summed E-state index contributed by atoms with van der Waals surface area (Å²) < 4.78 is 24.0. The highest BCUT2D eigenvalue weighted by molar-refractivity contribution is 7.90. The van der Waals surface area contributed by atoms with E-state index in [1.807, 2.05) is 0 Å². The van der Waals surface area contributed by atoms with E-state index >= 15 is 0 Å². The van der Waals surface area contributed by atoms with Crippen LogP contribution in [0.4, 0.5) is 0 Å². The van der Waals surface area contributed by atoms with Crippen molar-refractivity contribution in [3.63, 3.8) is 0 Å². The van der Waals surface area contributed by atoms with E-state index in [1.165, 1.54) is 0 Å². The maximum absolute atomic E-state index is 10.8. The molecule has 0 aromatic carbocycles. The molecule has 0 aliphatic carbocycles. The van der Waals surface area contributed by atoms with Crippen LogP contribution in [0.2, 0.25) is 0 Å². The highest BCUT2D eigenvalue weighted by atomic mass is 35.5. The fraction of sp³-hybridized carbons (Fsp3) is 1.00. The van der Waals surface area contributed by atoms with E-state index in [4.69, 9.17) is 16.7 Å². The minimum atomic E-state index is -3.36. The van der Waals surface area contributed by atoms with Crippen molar-refractivity contribution in [2.45, 2.75) is 13.8 Å². The second-order valence-electron chi connectivity index (χ2n) is 3.37. The van der Waals surface area contributed by atoms with Crippen LogP contribution in [0.3, 0.4) is 0 Å². The van der Waals surface area contributed by atoms with Gasteiger partial charge in [0.15, 0.2) is 0 Å². The standard InChI is InChI=1S/C6H14ClNO3S/c1-6(2,4-9)3-8-12(10,11)5-7/h8-9H,3-5H2,1-2H3. The molecule has 0 fully saturated rings. The summed E-state index contributed by atoms with van der Waals surface area (Å²) in [7, 11) is -3.36. The van der Waals surface area contributed by atoms with Gasteiger partial charge >= 0.3 is 0 Å². The smallest absolute Gasteiger partial charge is 0.225 e. The van der Waals surface area contributed by atoms with Crippen LogP contribution in [0.15, 0.2) is 0 Å². The van der Waals surface area contributed by atoms with Crippen molar-refractivity contribution in [1.29, 1.82) is 0 Å². The summed E-state index contributed by atoms with van der Waals surface area (Å²) in [6.45, 7) is 3.63. The molecular formula is C6H14ClNO3S. The van der Waals surface area contributed by atoms with Crippen LogP contribution in [0.1, 0.15) is 13.8 Å². The molecule has 0 aliphatic rings. The van der Waals surface area contributed by atoms with Crippen molar-refractivity contribution < 1.29 is 13.5 Å². The number of aliphatic hydroxyl groups excluding tert-OH is 1. The summed E-state index contributed by atoms with van der Waals surface area (Å²) in [5.41, 5.74) is -0.445. The molecule has 0 unspecified atom stereocenters. The van der Waals surface area contributed by atoms with E-state index in [2.05, 4.69) is 4.72 Å². The van der Waals surface area contributed by atoms with Gasteiger partial charge in [0.05, 0.1) is 0 Å². The van der Waals surface area contributed by atoms with E-state index in [-0.39, 0.29) is 13.2 Å². The Labute approximate surface area is 78.0 Å². The Bertz CT molecular complexity index is 225. The van der Waals surface area contributed by atoms with Gasteiger partial charge in [-0.05, 0) is 0 Å². The molecule has 0 radical (unpaired) electrons. The van der Waals surface area contributed by atoms with Gasteiger partial charge in [0.1, 0.15) is 5.21 Å². The van der Waals surface area contributed by atoms with Gasteiger partial charge < -0.3 is 5.11 Å². The number of hydrogen-bond acceptors (Lipinski definition) is 3. The number of sulfonamides is 1. The van der Waals surface area contributed by atoms with Gasteiger partial charge in [-0.15, -0.1) is 11.6 Å². The second-order valence-corrected chi connectivity index (χ2v) is 5.76. The number of aliphatic hydroxyl groups is 1. The van der Waals surface area contributed by atoms with Gasteiger partial charge in [0.25, 0.3) is 0 Å². The van der Waals surface area contributed by atoms with E-state index in [0.717, 1.165) is 0 Å². The van der Waals surface area contributed by atoms with Gasteiger partial charge in [-0.1, -0.05) is 13.8 Å². The third-order valence-corrected chi connectivity index (χ3v) is 3.08. The predicted molar refractivity (Wildman–Crippen MR) is 48.5 cm³/mol. The molecule has 0 aromatic rings. The summed E-state index contributed by atoms with van der Waals surface area (Å²) >= 11 is 5.15. The number of nitrogens with one attached hydrogen (secondary N) is 1. The minimum absolute atomic E-state index is 0.0716. The SMILES string of the molecule is CC(C)(CO)CNS(=O)(=O)CCl. The Morgan fingerprint density at radius 3 is 2.33 bits per heavy atom. The van der Waals surface area contributed by atoms with Crippen LogP contribution >= 0.6 is 11.6 Å². The summed E-state index contributed by atoms with van der Waals surface area (Å²) in [5, 5.41) is 8.35. The Morgan fingerprint density at radius 2 is 2.00 bits per heavy atom. The summed E-state index contributed by atoms with van der Waals surface area (Å²) in [6.07, 6.45) is 0. The van der Waals surface area contributed by atoms with Crippen LogP contribution in [0.25, 0.3) is 0 Å². The van der Waals surface area contributed by atoms with Crippen molar-refractivity contribution in [1.82, 2.24) is 4.72 Å². The van der Waals surface area contributed by atoms with Crippen LogP contribution < -0.4 is 4.72 Å². The van der Waals surface area contributed by atoms with Crippen molar-refractivity contribution >= 4 is 21.6 Å². The van der Waals surface area contributed by atoms with Gasteiger partial charge in [-0.25, -0.2) is 13.1 Å². The number of hydrogen-bond donors (Lipinski definition) is 2. The molecule has 0 aromatic heterocycles. The molecule has 0 bridgehead atoms. The minimum Gasteiger partial charge on any atom is -0.396 e. The maximum Gasteiger partial charge on any atom is 0.225 e. The zero-order valence-corrected chi connectivity index (χ0v) is 8.74. The number of rotatable bonds is 5. The molecule has 0 rings (SSSR count). The molecule has 6 heteroatoms. The van der Waals surface area contributed by atoms with Crippen molar-refractivity contribution in [2.24, 2.45) is 5.41 Å². The lowest BCUT2D eigenvalue weighted by molar-refractivity contribution is 0.163. The van der Waals surface area contributed by atoms with E-state index in [9.17, 15) is 8.42 Å². The quantitative estimate of drug-likeness (QED) is 0.641. The van der Waals surface area contributed by atoms with Crippen LogP contribution in [-0.4, -0.2) is 31.9 Å². The van der Waals surface area contributed by atoms with Crippen LogP contribution in [-0.2, 0) is 10.0 Å². The first-order valence-electron chi connectivity index (χ1n) is 3.47. The first-order valence-corrected chi connectivity index (χ1v) is 5.66. The first-order chi connectivity index (χ1) is 5.33. The van der Waals surface area contributed by atoms with Crippen LogP contribution in [0, 0.1) is 5.41 Å². The normalized spacial score (nSPS) is 13.3. The van der Waals surface area contributed by atoms with Crippen molar-refractivity contribution in [3.8, 4) is 0 Å². The summed E-state index contributed by atoms with van der Waals surface area (Å²) in [6, 6.07) is 0. The van der Waals surface area contributed by atoms with Crippen molar-refractivity contribution in [3.05, 3.63) is 0 Å². The Hall–Kier alpha value is 0.160. The average molecular weight is 216 g/mol. The van der Waals surface area contributed by atoms with E-state index in [1.54, 1.807) is 13.8 Å². The monoisotopic (exact) mass is 215 g/mol. The molecule has 0 amide bonds. The Balaban J connectivity index is 4.00. The van der Waals surface area contributed by atoms with Gasteiger partial charge in [0, 0.05) is 18.6 Å². The largest absolute Gasteiger partial charge is 0.396 e. The second kappa shape index (κ2) is 4.41. The maximum atomic E-state index is 10.8. The average Bonchev–Trinajstić information content (AvgIpc) is 2.02. The molecule has 0 saturated heterocycles. The molecule has 0 aliphatic heterocycles. The van der Waals surface area contributed by atoms with Gasteiger partial charge in [0.2, 0.25) is 10.0 Å². The molecule has 74 valence electrons. The fourth-order valence-electron chi connectivity index (χ4n) is 0.400. The zero-order chi connectivity index (χ0) is 9.83. The molecular weight excluding hydrogens is 202 g/mol. The molecule has 4 nitrogen and oxygen atoms in total. The highest BCUT2D eigenvalue weighted by Crippen LogP contribution is 2.11. The summed E-state index contributed by atoms with van der Waals surface area (Å²) in [4.78, 5) is 0. The first kappa shape index (κ1) is 12.2.